The summed E-state index contributed by atoms with van der Waals surface area (Å²) < 4.78 is 6.05. The SMILES string of the molecule is CNCc1cc2ccccc2c(OCC(C)(C)N(C)C)n1. The largest absolute Gasteiger partial charge is 0.475 e. The summed E-state index contributed by atoms with van der Waals surface area (Å²) in [6.45, 7) is 5.65. The number of nitrogens with one attached hydrogen (secondary N) is 1. The fourth-order valence-corrected chi connectivity index (χ4v) is 1.98. The van der Waals surface area contributed by atoms with E-state index in [1.54, 1.807) is 0 Å². The maximum Gasteiger partial charge on any atom is 0.221 e. The minimum Gasteiger partial charge on any atom is -0.475 e. The Morgan fingerprint density at radius 2 is 1.95 bits per heavy atom. The van der Waals surface area contributed by atoms with Crippen molar-refractivity contribution in [2.45, 2.75) is 25.9 Å². The van der Waals surface area contributed by atoms with Gasteiger partial charge in [-0.3, -0.25) is 0 Å². The number of fused-ring (bicyclic) bond motifs is 1. The second kappa shape index (κ2) is 6.41. The molecule has 0 amide bonds. The molecule has 114 valence electrons. The molecule has 0 atom stereocenters. The van der Waals surface area contributed by atoms with Crippen molar-refractivity contribution in [1.29, 1.82) is 0 Å². The van der Waals surface area contributed by atoms with Crippen LogP contribution in [0, 0.1) is 0 Å². The molecule has 0 spiro atoms. The van der Waals surface area contributed by atoms with E-state index < -0.39 is 0 Å². The molecule has 1 aromatic carbocycles. The molecule has 21 heavy (non-hydrogen) atoms. The molecule has 0 radical (unpaired) electrons. The summed E-state index contributed by atoms with van der Waals surface area (Å²) >= 11 is 0. The normalized spacial score (nSPS) is 12.1. The van der Waals surface area contributed by atoms with Gasteiger partial charge in [0.05, 0.1) is 5.69 Å². The molecule has 0 aliphatic heterocycles. The van der Waals surface area contributed by atoms with E-state index in [0.29, 0.717) is 12.5 Å². The number of likely N-dealkylation sites (N-methyl/N-ethyl adjacent to an activating group) is 1. The van der Waals surface area contributed by atoms with E-state index in [9.17, 15) is 0 Å². The summed E-state index contributed by atoms with van der Waals surface area (Å²) in [7, 11) is 6.05. The number of rotatable bonds is 6. The van der Waals surface area contributed by atoms with Gasteiger partial charge in [-0.15, -0.1) is 0 Å². The van der Waals surface area contributed by atoms with Gasteiger partial charge >= 0.3 is 0 Å². The molecule has 0 saturated carbocycles. The molecule has 0 aliphatic carbocycles. The minimum atomic E-state index is -0.0399. The fraction of sp³-hybridized carbons (Fsp3) is 0.471. The lowest BCUT2D eigenvalue weighted by Crippen LogP contribution is -2.43. The van der Waals surface area contributed by atoms with Gasteiger partial charge in [0.2, 0.25) is 5.88 Å². The number of nitrogens with zero attached hydrogens (tertiary/aromatic N) is 2. The molecule has 0 fully saturated rings. The van der Waals surface area contributed by atoms with Crippen LogP contribution in [0.2, 0.25) is 0 Å². The first-order chi connectivity index (χ1) is 9.94. The van der Waals surface area contributed by atoms with Gasteiger partial charge in [-0.1, -0.05) is 18.2 Å². The first kappa shape index (κ1) is 15.7. The highest BCUT2D eigenvalue weighted by molar-refractivity contribution is 5.87. The third kappa shape index (κ3) is 3.71. The quantitative estimate of drug-likeness (QED) is 0.886. The molecule has 0 aliphatic rings. The first-order valence-corrected chi connectivity index (χ1v) is 7.27. The van der Waals surface area contributed by atoms with Crippen LogP contribution in [0.25, 0.3) is 10.8 Å². The average Bonchev–Trinajstić information content (AvgIpc) is 2.45. The smallest absolute Gasteiger partial charge is 0.221 e. The van der Waals surface area contributed by atoms with Crippen LogP contribution in [-0.2, 0) is 6.54 Å². The van der Waals surface area contributed by atoms with E-state index in [2.05, 4.69) is 61.3 Å². The highest BCUT2D eigenvalue weighted by Crippen LogP contribution is 2.25. The predicted molar refractivity (Wildman–Crippen MR) is 87.8 cm³/mol. The van der Waals surface area contributed by atoms with E-state index in [1.165, 1.54) is 0 Å². The summed E-state index contributed by atoms with van der Waals surface area (Å²) in [6.07, 6.45) is 0. The lowest BCUT2D eigenvalue weighted by atomic mass is 10.1. The fourth-order valence-electron chi connectivity index (χ4n) is 1.98. The molecule has 1 heterocycles. The lowest BCUT2D eigenvalue weighted by molar-refractivity contribution is 0.112. The Hall–Kier alpha value is -1.65. The second-order valence-electron chi connectivity index (χ2n) is 6.17. The van der Waals surface area contributed by atoms with Crippen LogP contribution in [0.5, 0.6) is 5.88 Å². The van der Waals surface area contributed by atoms with Crippen LogP contribution in [0.4, 0.5) is 0 Å². The Balaban J connectivity index is 2.33. The van der Waals surface area contributed by atoms with Gasteiger partial charge < -0.3 is 15.0 Å². The zero-order chi connectivity index (χ0) is 15.5. The number of ether oxygens (including phenoxy) is 1. The summed E-state index contributed by atoms with van der Waals surface area (Å²) in [5, 5.41) is 5.36. The van der Waals surface area contributed by atoms with Crippen molar-refractivity contribution in [2.24, 2.45) is 0 Å². The standard InChI is InChI=1S/C17H25N3O/c1-17(2,20(4)5)12-21-16-15-9-7-6-8-13(15)10-14(19-16)11-18-3/h6-10,18H,11-12H2,1-5H3. The maximum absolute atomic E-state index is 6.05. The maximum atomic E-state index is 6.05. The topological polar surface area (TPSA) is 37.4 Å². The number of hydrogen-bond acceptors (Lipinski definition) is 4. The lowest BCUT2D eigenvalue weighted by Gasteiger charge is -2.32. The van der Waals surface area contributed by atoms with Crippen LogP contribution < -0.4 is 10.1 Å². The summed E-state index contributed by atoms with van der Waals surface area (Å²) in [4.78, 5) is 6.81. The number of benzene rings is 1. The van der Waals surface area contributed by atoms with Gasteiger partial charge in [0.25, 0.3) is 0 Å². The zero-order valence-corrected chi connectivity index (χ0v) is 13.6. The van der Waals surface area contributed by atoms with Crippen LogP contribution in [-0.4, -0.2) is 43.2 Å². The second-order valence-corrected chi connectivity index (χ2v) is 6.17. The number of aromatic nitrogens is 1. The molecule has 2 aromatic rings. The zero-order valence-electron chi connectivity index (χ0n) is 13.6. The Morgan fingerprint density at radius 1 is 1.24 bits per heavy atom. The van der Waals surface area contributed by atoms with Crippen molar-refractivity contribution < 1.29 is 4.74 Å². The first-order valence-electron chi connectivity index (χ1n) is 7.27. The van der Waals surface area contributed by atoms with Crippen molar-refractivity contribution in [1.82, 2.24) is 15.2 Å². The van der Waals surface area contributed by atoms with E-state index in [0.717, 1.165) is 23.0 Å². The van der Waals surface area contributed by atoms with Crippen LogP contribution in [0.1, 0.15) is 19.5 Å². The Labute approximate surface area is 127 Å². The molecular formula is C17H25N3O. The van der Waals surface area contributed by atoms with Gasteiger partial charge in [0.15, 0.2) is 0 Å². The van der Waals surface area contributed by atoms with Gasteiger partial charge in [-0.2, -0.15) is 0 Å². The van der Waals surface area contributed by atoms with Gasteiger partial charge in [0, 0.05) is 17.5 Å². The Bertz CT molecular complexity index is 608. The third-order valence-electron chi connectivity index (χ3n) is 3.89. The van der Waals surface area contributed by atoms with Crippen molar-refractivity contribution in [3.05, 3.63) is 36.0 Å². The number of pyridine rings is 1. The molecule has 2 rings (SSSR count). The highest BCUT2D eigenvalue weighted by atomic mass is 16.5. The molecule has 4 nitrogen and oxygen atoms in total. The summed E-state index contributed by atoms with van der Waals surface area (Å²) in [6, 6.07) is 10.3. The molecule has 1 N–H and O–H groups in total. The molecule has 0 saturated heterocycles. The number of hydrogen-bond donors (Lipinski definition) is 1. The Kier molecular flexibility index (Phi) is 4.80. The van der Waals surface area contributed by atoms with Crippen molar-refractivity contribution in [3.63, 3.8) is 0 Å². The van der Waals surface area contributed by atoms with E-state index in [4.69, 9.17) is 4.74 Å². The van der Waals surface area contributed by atoms with E-state index in [1.807, 2.05) is 19.2 Å². The van der Waals surface area contributed by atoms with Crippen LogP contribution in [0.15, 0.2) is 30.3 Å². The van der Waals surface area contributed by atoms with E-state index >= 15 is 0 Å². The van der Waals surface area contributed by atoms with Crippen LogP contribution in [0.3, 0.4) is 0 Å². The van der Waals surface area contributed by atoms with Crippen molar-refractivity contribution >= 4 is 10.8 Å². The Morgan fingerprint density at radius 3 is 2.62 bits per heavy atom. The summed E-state index contributed by atoms with van der Waals surface area (Å²) in [5.41, 5.74) is 0.954. The average molecular weight is 287 g/mol. The van der Waals surface area contributed by atoms with Crippen LogP contribution >= 0.6 is 0 Å². The molecule has 0 bridgehead atoms. The third-order valence-corrected chi connectivity index (χ3v) is 3.89. The highest BCUT2D eigenvalue weighted by Gasteiger charge is 2.22. The van der Waals surface area contributed by atoms with Gasteiger partial charge in [-0.05, 0) is 52.5 Å². The predicted octanol–water partition coefficient (Wildman–Crippen LogP) is 2.67. The van der Waals surface area contributed by atoms with E-state index in [-0.39, 0.29) is 5.54 Å². The molecule has 1 aromatic heterocycles. The monoisotopic (exact) mass is 287 g/mol. The van der Waals surface area contributed by atoms with Gasteiger partial charge in [0.1, 0.15) is 6.61 Å². The molecule has 0 unspecified atom stereocenters. The summed E-state index contributed by atoms with van der Waals surface area (Å²) in [5.74, 6) is 0.716. The minimum absolute atomic E-state index is 0.0399. The van der Waals surface area contributed by atoms with Gasteiger partial charge in [-0.25, -0.2) is 4.98 Å². The molecule has 4 heteroatoms. The molecular weight excluding hydrogens is 262 g/mol. The van der Waals surface area contributed by atoms with Crippen molar-refractivity contribution in [2.75, 3.05) is 27.7 Å². The van der Waals surface area contributed by atoms with Crippen molar-refractivity contribution in [3.8, 4) is 5.88 Å².